The first-order valence-corrected chi connectivity index (χ1v) is 8.17. The molecule has 0 aliphatic carbocycles. The van der Waals surface area contributed by atoms with E-state index in [4.69, 9.17) is 0 Å². The number of halogens is 2. The van der Waals surface area contributed by atoms with Crippen molar-refractivity contribution in [2.24, 2.45) is 0 Å². The Balaban J connectivity index is 0. The maximum absolute atomic E-state index is 13.0. The zero-order chi connectivity index (χ0) is 13.9. The first-order chi connectivity index (χ1) is 8.45. The largest absolute Gasteiger partial charge is 1.00 e. The molecule has 0 spiro atoms. The minimum Gasteiger partial charge on any atom is -0.748 e. The van der Waals surface area contributed by atoms with E-state index in [9.17, 15) is 21.8 Å². The molecule has 0 rings (SSSR count). The minimum absolute atomic E-state index is 0. The molecule has 0 amide bonds. The molecular formula is C12H23F2NaO3S. The van der Waals surface area contributed by atoms with Gasteiger partial charge in [-0.25, -0.2) is 12.8 Å². The number of rotatable bonds is 12. The topological polar surface area (TPSA) is 57.2 Å². The fourth-order valence-corrected chi connectivity index (χ4v) is 2.44. The predicted molar refractivity (Wildman–Crippen MR) is 67.0 cm³/mol. The summed E-state index contributed by atoms with van der Waals surface area (Å²) in [7, 11) is -4.44. The van der Waals surface area contributed by atoms with Crippen LogP contribution in [0.1, 0.15) is 57.8 Å². The zero-order valence-corrected chi connectivity index (χ0v) is 14.6. The van der Waals surface area contributed by atoms with Crippen molar-refractivity contribution in [3.63, 3.8) is 0 Å². The molecule has 0 aliphatic rings. The van der Waals surface area contributed by atoms with Crippen molar-refractivity contribution >= 4 is 10.1 Å². The Morgan fingerprint density at radius 1 is 0.895 bits per heavy atom. The third-order valence-corrected chi connectivity index (χ3v) is 3.56. The van der Waals surface area contributed by atoms with Gasteiger partial charge in [0.15, 0.2) is 0 Å². The van der Waals surface area contributed by atoms with Gasteiger partial charge in [-0.1, -0.05) is 44.9 Å². The summed E-state index contributed by atoms with van der Waals surface area (Å²) in [5.41, 5.74) is 0. The second-order valence-corrected chi connectivity index (χ2v) is 6.08. The molecule has 0 radical (unpaired) electrons. The van der Waals surface area contributed by atoms with E-state index in [1.54, 1.807) is 0 Å². The van der Waals surface area contributed by atoms with Gasteiger partial charge in [-0.15, -0.1) is 0 Å². The van der Waals surface area contributed by atoms with E-state index in [0.29, 0.717) is 12.8 Å². The molecule has 0 aromatic carbocycles. The van der Waals surface area contributed by atoms with Crippen molar-refractivity contribution in [2.45, 2.75) is 64.0 Å². The fraction of sp³-hybridized carbons (Fsp3) is 1.00. The van der Waals surface area contributed by atoms with E-state index < -0.39 is 22.0 Å². The molecule has 0 saturated heterocycles. The fourth-order valence-electron chi connectivity index (χ4n) is 1.83. The number of alkyl halides is 2. The average molecular weight is 308 g/mol. The van der Waals surface area contributed by atoms with Gasteiger partial charge in [-0.3, -0.25) is 4.39 Å². The normalized spacial score (nSPS) is 13.0. The first-order valence-electron chi connectivity index (χ1n) is 6.59. The molecule has 0 bridgehead atoms. The van der Waals surface area contributed by atoms with Gasteiger partial charge >= 0.3 is 29.6 Å². The van der Waals surface area contributed by atoms with Gasteiger partial charge < -0.3 is 4.55 Å². The first kappa shape index (κ1) is 22.1. The number of hydrogen-bond acceptors (Lipinski definition) is 3. The third-order valence-electron chi connectivity index (χ3n) is 2.79. The van der Waals surface area contributed by atoms with Gasteiger partial charge in [0.2, 0.25) is 0 Å². The Bertz CT molecular complexity index is 287. The Kier molecular flexibility index (Phi) is 16.0. The van der Waals surface area contributed by atoms with Crippen LogP contribution in [-0.4, -0.2) is 31.6 Å². The molecule has 0 heterocycles. The van der Waals surface area contributed by atoms with Crippen LogP contribution >= 0.6 is 0 Å². The van der Waals surface area contributed by atoms with E-state index >= 15 is 0 Å². The van der Waals surface area contributed by atoms with Gasteiger partial charge in [-0.05, 0) is 12.8 Å². The molecule has 0 N–H and O–H groups in total. The summed E-state index contributed by atoms with van der Waals surface area (Å²) >= 11 is 0. The number of hydrogen-bond donors (Lipinski definition) is 0. The molecule has 0 aromatic rings. The molecule has 0 aromatic heterocycles. The van der Waals surface area contributed by atoms with E-state index in [1.807, 2.05) is 0 Å². The van der Waals surface area contributed by atoms with Crippen molar-refractivity contribution < 1.29 is 51.3 Å². The van der Waals surface area contributed by atoms with Crippen molar-refractivity contribution in [2.75, 3.05) is 12.4 Å². The molecule has 1 unspecified atom stereocenters. The Labute approximate surface area is 137 Å². The second-order valence-electron chi connectivity index (χ2n) is 4.63. The molecule has 1 atom stereocenters. The maximum atomic E-state index is 13.0. The van der Waals surface area contributed by atoms with Crippen LogP contribution < -0.4 is 29.6 Å². The summed E-state index contributed by atoms with van der Waals surface area (Å²) in [5.74, 6) is -0.907. The van der Waals surface area contributed by atoms with Gasteiger partial charge in [0.1, 0.15) is 6.17 Å². The molecule has 0 saturated carbocycles. The summed E-state index contributed by atoms with van der Waals surface area (Å²) in [5, 5.41) is 0. The molecule has 110 valence electrons. The summed E-state index contributed by atoms with van der Waals surface area (Å²) < 4.78 is 55.6. The van der Waals surface area contributed by atoms with Crippen LogP contribution in [-0.2, 0) is 10.1 Å². The van der Waals surface area contributed by atoms with Crippen LogP contribution in [0.5, 0.6) is 0 Å². The molecule has 0 fully saturated rings. The average Bonchev–Trinajstić information content (AvgIpc) is 2.24. The van der Waals surface area contributed by atoms with Crippen molar-refractivity contribution in [3.8, 4) is 0 Å². The monoisotopic (exact) mass is 308 g/mol. The quantitative estimate of drug-likeness (QED) is 0.297. The predicted octanol–water partition coefficient (Wildman–Crippen LogP) is 0.354. The van der Waals surface area contributed by atoms with Crippen LogP contribution in [0.4, 0.5) is 8.78 Å². The van der Waals surface area contributed by atoms with Gasteiger partial charge in [0.05, 0.1) is 22.5 Å². The molecule has 7 heteroatoms. The maximum Gasteiger partial charge on any atom is 1.00 e. The van der Waals surface area contributed by atoms with E-state index in [0.717, 1.165) is 38.5 Å². The van der Waals surface area contributed by atoms with Crippen LogP contribution in [0.15, 0.2) is 0 Å². The minimum atomic E-state index is -4.44. The smallest absolute Gasteiger partial charge is 0.748 e. The van der Waals surface area contributed by atoms with Gasteiger partial charge in [0.25, 0.3) is 0 Å². The third kappa shape index (κ3) is 18.8. The molecular weight excluding hydrogens is 285 g/mol. The summed E-state index contributed by atoms with van der Waals surface area (Å²) in [6, 6.07) is 0. The van der Waals surface area contributed by atoms with Crippen molar-refractivity contribution in [1.82, 2.24) is 0 Å². The van der Waals surface area contributed by atoms with E-state index in [-0.39, 0.29) is 42.7 Å². The van der Waals surface area contributed by atoms with Crippen LogP contribution in [0.3, 0.4) is 0 Å². The summed E-state index contributed by atoms with van der Waals surface area (Å²) in [4.78, 5) is 0. The van der Waals surface area contributed by atoms with Gasteiger partial charge in [-0.2, -0.15) is 0 Å². The Morgan fingerprint density at radius 3 is 1.74 bits per heavy atom. The van der Waals surface area contributed by atoms with Crippen LogP contribution in [0, 0.1) is 0 Å². The Morgan fingerprint density at radius 2 is 1.32 bits per heavy atom. The summed E-state index contributed by atoms with van der Waals surface area (Å²) in [6.45, 7) is -0.249. The van der Waals surface area contributed by atoms with Crippen LogP contribution in [0.25, 0.3) is 0 Å². The summed E-state index contributed by atoms with van der Waals surface area (Å²) in [6.07, 6.45) is 5.75. The standard InChI is InChI=1S/C12H24F2O3S.Na/c13-10-8-6-4-2-1-3-5-7-9-12(14)11-18(15,16)17;/h12H,1-11H2,(H,15,16,17);/q;+1/p-1. The molecule has 19 heavy (non-hydrogen) atoms. The second kappa shape index (κ2) is 13.7. The SMILES string of the molecule is O=S(=O)([O-])CC(F)CCCCCCCCCCF.[Na+]. The number of unbranched alkanes of at least 4 members (excludes halogenated alkanes) is 7. The van der Waals surface area contributed by atoms with E-state index in [1.165, 1.54) is 0 Å². The van der Waals surface area contributed by atoms with Crippen molar-refractivity contribution in [1.29, 1.82) is 0 Å². The molecule has 3 nitrogen and oxygen atoms in total. The molecule has 0 aliphatic heterocycles. The van der Waals surface area contributed by atoms with Crippen molar-refractivity contribution in [3.05, 3.63) is 0 Å². The van der Waals surface area contributed by atoms with Crippen LogP contribution in [0.2, 0.25) is 0 Å². The Hall–Kier alpha value is 0.770. The zero-order valence-electron chi connectivity index (χ0n) is 11.7. The van der Waals surface area contributed by atoms with Gasteiger partial charge in [0, 0.05) is 0 Å². The van der Waals surface area contributed by atoms with E-state index in [2.05, 4.69) is 0 Å².